The van der Waals surface area contributed by atoms with Crippen molar-refractivity contribution in [3.63, 3.8) is 0 Å². The van der Waals surface area contributed by atoms with E-state index in [1.54, 1.807) is 6.08 Å². The highest BCUT2D eigenvalue weighted by atomic mass is 28.4. The zero-order valence-corrected chi connectivity index (χ0v) is 17.8. The summed E-state index contributed by atoms with van der Waals surface area (Å²) in [5, 5.41) is 0. The summed E-state index contributed by atoms with van der Waals surface area (Å²) in [5.74, 6) is 0.149. The molecule has 2 rings (SSSR count). The van der Waals surface area contributed by atoms with E-state index in [0.29, 0.717) is 5.92 Å². The van der Waals surface area contributed by atoms with Crippen molar-refractivity contribution in [2.45, 2.75) is 90.1 Å². The van der Waals surface area contributed by atoms with Crippen molar-refractivity contribution < 1.29 is 18.8 Å². The van der Waals surface area contributed by atoms with Gasteiger partial charge in [0, 0.05) is 0 Å². The second kappa shape index (κ2) is 9.69. The molecule has 2 amide bonds. The van der Waals surface area contributed by atoms with Crippen LogP contribution in [-0.2, 0) is 14.0 Å². The van der Waals surface area contributed by atoms with Crippen LogP contribution >= 0.6 is 0 Å². The lowest BCUT2D eigenvalue weighted by Crippen LogP contribution is -2.72. The van der Waals surface area contributed by atoms with E-state index in [1.807, 2.05) is 13.0 Å². The van der Waals surface area contributed by atoms with Gasteiger partial charge in [-0.15, -0.1) is 0 Å². The molecule has 0 radical (unpaired) electrons. The Balaban J connectivity index is 2.16. The van der Waals surface area contributed by atoms with Crippen LogP contribution in [0.15, 0.2) is 12.2 Å². The van der Waals surface area contributed by atoms with Crippen molar-refractivity contribution >= 4 is 20.3 Å². The van der Waals surface area contributed by atoms with Crippen LogP contribution in [0.2, 0.25) is 18.1 Å². The van der Waals surface area contributed by atoms with Crippen LogP contribution in [0.4, 0.5) is 4.79 Å². The van der Waals surface area contributed by atoms with E-state index in [0.717, 1.165) is 31.0 Å². The Hall–Kier alpha value is -1.14. The van der Waals surface area contributed by atoms with E-state index in [2.05, 4.69) is 20.8 Å². The maximum Gasteiger partial charge on any atom is 0.417 e. The van der Waals surface area contributed by atoms with Gasteiger partial charge in [0.25, 0.3) is 5.91 Å². The number of allylic oxidation sites excluding steroid dienone is 1. The van der Waals surface area contributed by atoms with Gasteiger partial charge in [0.05, 0.1) is 6.04 Å². The van der Waals surface area contributed by atoms with Gasteiger partial charge in [-0.1, -0.05) is 52.2 Å². The fourth-order valence-electron chi connectivity index (χ4n) is 4.30. The first kappa shape index (κ1) is 21.2. The number of amides is 2. The van der Waals surface area contributed by atoms with Crippen molar-refractivity contribution in [3.05, 3.63) is 12.2 Å². The number of hydrogen-bond acceptors (Lipinski definition) is 4. The van der Waals surface area contributed by atoms with E-state index in [-0.39, 0.29) is 18.6 Å². The molecule has 0 N–H and O–H groups in total. The van der Waals surface area contributed by atoms with Gasteiger partial charge in [-0.05, 0) is 43.8 Å². The van der Waals surface area contributed by atoms with Gasteiger partial charge in [0.1, 0.15) is 12.7 Å². The number of carbonyl (C=O) groups excluding carboxylic acids is 2. The Kier molecular flexibility index (Phi) is 7.89. The topological polar surface area (TPSA) is 55.8 Å². The van der Waals surface area contributed by atoms with Crippen LogP contribution < -0.4 is 0 Å². The Labute approximate surface area is 159 Å². The Morgan fingerprint density at radius 1 is 1.15 bits per heavy atom. The molecule has 1 saturated carbocycles. The maximum absolute atomic E-state index is 12.8. The summed E-state index contributed by atoms with van der Waals surface area (Å²) in [6.45, 7) is 8.59. The quantitative estimate of drug-likeness (QED) is 0.341. The lowest BCUT2D eigenvalue weighted by atomic mass is 9.77. The molecule has 1 aliphatic carbocycles. The first-order valence-electron chi connectivity index (χ1n) is 10.3. The van der Waals surface area contributed by atoms with Crippen molar-refractivity contribution in [1.82, 2.24) is 4.90 Å². The molecule has 0 spiro atoms. The van der Waals surface area contributed by atoms with Crippen molar-refractivity contribution in [1.29, 1.82) is 0 Å². The Bertz CT molecular complexity index is 504. The number of hydrogen-bond donors (Lipinski definition) is 0. The first-order valence-corrected chi connectivity index (χ1v) is 12.8. The molecule has 1 saturated heterocycles. The van der Waals surface area contributed by atoms with Crippen LogP contribution in [0.3, 0.4) is 0 Å². The van der Waals surface area contributed by atoms with Gasteiger partial charge in [-0.25, -0.2) is 9.69 Å². The minimum Gasteiger partial charge on any atom is -0.445 e. The highest BCUT2D eigenvalue weighted by Crippen LogP contribution is 2.40. The van der Waals surface area contributed by atoms with Gasteiger partial charge in [0.15, 0.2) is 8.32 Å². The average Bonchev–Trinajstić information content (AvgIpc) is 2.68. The van der Waals surface area contributed by atoms with Crippen LogP contribution in [0.5, 0.6) is 0 Å². The summed E-state index contributed by atoms with van der Waals surface area (Å²) in [5.41, 5.74) is 0. The van der Waals surface area contributed by atoms with Gasteiger partial charge in [0.2, 0.25) is 0 Å². The van der Waals surface area contributed by atoms with Crippen molar-refractivity contribution in [3.8, 4) is 0 Å². The predicted octanol–water partition coefficient (Wildman–Crippen LogP) is 4.88. The van der Waals surface area contributed by atoms with Crippen LogP contribution in [0, 0.1) is 5.92 Å². The van der Waals surface area contributed by atoms with E-state index < -0.39 is 20.5 Å². The normalized spacial score (nSPS) is 24.8. The molecule has 1 aliphatic heterocycles. The van der Waals surface area contributed by atoms with Gasteiger partial charge in [-0.2, -0.15) is 0 Å². The number of nitrogens with zero attached hydrogens (tertiary/aromatic N) is 1. The van der Waals surface area contributed by atoms with Gasteiger partial charge < -0.3 is 9.16 Å². The minimum absolute atomic E-state index is 0.141. The highest BCUT2D eigenvalue weighted by Gasteiger charge is 2.57. The van der Waals surface area contributed by atoms with E-state index in [9.17, 15) is 9.59 Å². The summed E-state index contributed by atoms with van der Waals surface area (Å²) in [6, 6.07) is 2.88. The standard InChI is InChI=1S/C20H35NO4Si/c1-5-9-15-24-20(23)21-17(16-13-11-10-12-14-16)18(19(21)22)25-26(6-2,7-3)8-4/h5,9,16-18H,6-8,10-15H2,1-4H3/b9-5+/t17-,18+/m0/s1. The first-order chi connectivity index (χ1) is 12.5. The summed E-state index contributed by atoms with van der Waals surface area (Å²) >= 11 is 0. The highest BCUT2D eigenvalue weighted by molar-refractivity contribution is 6.73. The second-order valence-corrected chi connectivity index (χ2v) is 12.2. The number of rotatable bonds is 8. The smallest absolute Gasteiger partial charge is 0.417 e. The lowest BCUT2D eigenvalue weighted by Gasteiger charge is -2.51. The van der Waals surface area contributed by atoms with Gasteiger partial charge >= 0.3 is 6.09 Å². The summed E-state index contributed by atoms with van der Waals surface area (Å²) in [7, 11) is -1.90. The molecule has 0 aromatic heterocycles. The molecule has 0 unspecified atom stereocenters. The summed E-state index contributed by atoms with van der Waals surface area (Å²) in [4.78, 5) is 26.7. The number of likely N-dealkylation sites (tertiary alicyclic amines) is 1. The number of carbonyl (C=O) groups is 2. The monoisotopic (exact) mass is 381 g/mol. The molecule has 5 nitrogen and oxygen atoms in total. The zero-order chi connectivity index (χ0) is 19.2. The van der Waals surface area contributed by atoms with Crippen LogP contribution in [0.1, 0.15) is 59.8 Å². The van der Waals surface area contributed by atoms with Gasteiger partial charge in [-0.3, -0.25) is 4.79 Å². The molecule has 0 bridgehead atoms. The molecule has 2 atom stereocenters. The molecular weight excluding hydrogens is 346 g/mol. The summed E-state index contributed by atoms with van der Waals surface area (Å²) in [6.07, 6.45) is 8.35. The second-order valence-electron chi connectivity index (χ2n) is 7.52. The molecule has 148 valence electrons. The van der Waals surface area contributed by atoms with Crippen LogP contribution in [0.25, 0.3) is 0 Å². The fraction of sp³-hybridized carbons (Fsp3) is 0.800. The third-order valence-corrected chi connectivity index (χ3v) is 10.9. The molecule has 2 fully saturated rings. The Morgan fingerprint density at radius 2 is 1.77 bits per heavy atom. The Morgan fingerprint density at radius 3 is 2.31 bits per heavy atom. The minimum atomic E-state index is -1.90. The van der Waals surface area contributed by atoms with Crippen molar-refractivity contribution in [2.75, 3.05) is 6.61 Å². The average molecular weight is 382 g/mol. The predicted molar refractivity (Wildman–Crippen MR) is 105 cm³/mol. The molecule has 1 heterocycles. The number of ether oxygens (including phenoxy) is 1. The largest absolute Gasteiger partial charge is 0.445 e. The number of imide groups is 1. The maximum atomic E-state index is 12.8. The fourth-order valence-corrected chi connectivity index (χ4v) is 7.08. The van der Waals surface area contributed by atoms with E-state index >= 15 is 0 Å². The van der Waals surface area contributed by atoms with E-state index in [4.69, 9.17) is 9.16 Å². The lowest BCUT2D eigenvalue weighted by molar-refractivity contribution is -0.165. The molecule has 0 aromatic carbocycles. The molecule has 2 aliphatic rings. The molecule has 6 heteroatoms. The van der Waals surface area contributed by atoms with E-state index in [1.165, 1.54) is 24.2 Å². The molecule has 0 aromatic rings. The number of β-lactam (4-membered cyclic amide) rings is 1. The van der Waals surface area contributed by atoms with Crippen molar-refractivity contribution in [2.24, 2.45) is 5.92 Å². The molecular formula is C20H35NO4Si. The third-order valence-electron chi connectivity index (χ3n) is 6.27. The van der Waals surface area contributed by atoms with Crippen LogP contribution in [-0.4, -0.2) is 44.0 Å². The zero-order valence-electron chi connectivity index (χ0n) is 16.8. The summed E-state index contributed by atoms with van der Waals surface area (Å²) < 4.78 is 11.8. The molecule has 26 heavy (non-hydrogen) atoms. The SMILES string of the molecule is C/C=C/COC(=O)N1C(=O)[C@H](O[Si](CC)(CC)CC)[C@@H]1C1CCCCC1. The third kappa shape index (κ3) is 4.39.